The highest BCUT2D eigenvalue weighted by molar-refractivity contribution is 5.79. The van der Waals surface area contributed by atoms with Crippen LogP contribution in [0.4, 0.5) is 5.82 Å². The largest absolute Gasteiger partial charge is 0.493 e. The summed E-state index contributed by atoms with van der Waals surface area (Å²) < 4.78 is 5.87. The molecule has 4 rings (SSSR count). The van der Waals surface area contributed by atoms with Crippen LogP contribution in [-0.2, 0) is 11.2 Å². The van der Waals surface area contributed by atoms with Gasteiger partial charge in [0.1, 0.15) is 17.6 Å². The molecular weight excluding hydrogens is 390 g/mol. The Morgan fingerprint density at radius 3 is 2.71 bits per heavy atom. The lowest BCUT2D eigenvalue weighted by Gasteiger charge is -2.35. The first-order chi connectivity index (χ1) is 15.2. The van der Waals surface area contributed by atoms with Gasteiger partial charge in [-0.3, -0.25) is 4.79 Å². The second kappa shape index (κ2) is 10.1. The van der Waals surface area contributed by atoms with Gasteiger partial charge in [-0.15, -0.1) is 0 Å². The molecule has 3 heterocycles. The molecule has 0 bridgehead atoms. The SMILES string of the molecule is N#Cc1cccnc1N1CCN(C(=O)Cc2ccc(OCC3C=CCNC3)cc2)CC1. The van der Waals surface area contributed by atoms with E-state index >= 15 is 0 Å². The van der Waals surface area contributed by atoms with Crippen molar-refractivity contribution in [2.24, 2.45) is 5.92 Å². The Hall–Kier alpha value is -3.37. The Morgan fingerprint density at radius 1 is 1.19 bits per heavy atom. The van der Waals surface area contributed by atoms with Gasteiger partial charge in [0.05, 0.1) is 18.6 Å². The number of benzene rings is 1. The van der Waals surface area contributed by atoms with Gasteiger partial charge in [0, 0.05) is 51.4 Å². The zero-order chi connectivity index (χ0) is 21.5. The quantitative estimate of drug-likeness (QED) is 0.724. The zero-order valence-corrected chi connectivity index (χ0v) is 17.5. The number of nitrogens with one attached hydrogen (secondary N) is 1. The summed E-state index contributed by atoms with van der Waals surface area (Å²) >= 11 is 0. The maximum Gasteiger partial charge on any atom is 0.227 e. The molecule has 1 amide bonds. The predicted molar refractivity (Wildman–Crippen MR) is 119 cm³/mol. The molecule has 1 aromatic heterocycles. The van der Waals surface area contributed by atoms with Crippen molar-refractivity contribution in [1.29, 1.82) is 5.26 Å². The van der Waals surface area contributed by atoms with E-state index in [2.05, 4.69) is 33.4 Å². The first kappa shape index (κ1) is 20.9. The third kappa shape index (κ3) is 5.41. The van der Waals surface area contributed by atoms with Crippen LogP contribution in [0.3, 0.4) is 0 Å². The van der Waals surface area contributed by atoms with Crippen LogP contribution in [0, 0.1) is 17.2 Å². The number of pyridine rings is 1. The number of aromatic nitrogens is 1. The maximum absolute atomic E-state index is 12.7. The van der Waals surface area contributed by atoms with E-state index in [0.717, 1.165) is 24.4 Å². The van der Waals surface area contributed by atoms with Gasteiger partial charge in [0.2, 0.25) is 5.91 Å². The zero-order valence-electron chi connectivity index (χ0n) is 17.5. The van der Waals surface area contributed by atoms with Crippen molar-refractivity contribution in [2.75, 3.05) is 50.8 Å². The molecule has 1 saturated heterocycles. The van der Waals surface area contributed by atoms with Crippen LogP contribution in [0.1, 0.15) is 11.1 Å². The number of nitrogens with zero attached hydrogens (tertiary/aromatic N) is 4. The highest BCUT2D eigenvalue weighted by Crippen LogP contribution is 2.19. The van der Waals surface area contributed by atoms with Gasteiger partial charge in [-0.25, -0.2) is 4.98 Å². The molecule has 0 aliphatic carbocycles. The van der Waals surface area contributed by atoms with Gasteiger partial charge in [-0.2, -0.15) is 5.26 Å². The minimum absolute atomic E-state index is 0.119. The molecule has 1 N–H and O–H groups in total. The highest BCUT2D eigenvalue weighted by atomic mass is 16.5. The summed E-state index contributed by atoms with van der Waals surface area (Å²) in [4.78, 5) is 21.1. The number of hydrogen-bond acceptors (Lipinski definition) is 6. The van der Waals surface area contributed by atoms with Gasteiger partial charge in [-0.05, 0) is 29.8 Å². The van der Waals surface area contributed by atoms with E-state index in [0.29, 0.717) is 56.5 Å². The third-order valence-corrected chi connectivity index (χ3v) is 5.66. The topological polar surface area (TPSA) is 81.5 Å². The van der Waals surface area contributed by atoms with E-state index in [1.807, 2.05) is 29.2 Å². The highest BCUT2D eigenvalue weighted by Gasteiger charge is 2.23. The fourth-order valence-corrected chi connectivity index (χ4v) is 3.89. The lowest BCUT2D eigenvalue weighted by molar-refractivity contribution is -0.130. The summed E-state index contributed by atoms with van der Waals surface area (Å²) in [5.74, 6) is 2.04. The number of carbonyl (C=O) groups is 1. The van der Waals surface area contributed by atoms with Gasteiger partial charge >= 0.3 is 0 Å². The van der Waals surface area contributed by atoms with Gasteiger partial charge < -0.3 is 19.9 Å². The van der Waals surface area contributed by atoms with E-state index in [1.54, 1.807) is 18.3 Å². The average molecular weight is 418 g/mol. The number of ether oxygens (including phenoxy) is 1. The van der Waals surface area contributed by atoms with E-state index in [4.69, 9.17) is 4.74 Å². The van der Waals surface area contributed by atoms with Gasteiger partial charge in [0.15, 0.2) is 0 Å². The van der Waals surface area contributed by atoms with Crippen LogP contribution in [0.25, 0.3) is 0 Å². The summed E-state index contributed by atoms with van der Waals surface area (Å²) in [6, 6.07) is 13.5. The molecule has 7 nitrogen and oxygen atoms in total. The first-order valence-corrected chi connectivity index (χ1v) is 10.7. The maximum atomic E-state index is 12.7. The van der Waals surface area contributed by atoms with E-state index in [-0.39, 0.29) is 5.91 Å². The Bertz CT molecular complexity index is 959. The Labute approximate surface area is 182 Å². The first-order valence-electron chi connectivity index (χ1n) is 10.7. The number of nitriles is 1. The molecule has 1 aromatic carbocycles. The molecule has 160 valence electrons. The molecule has 31 heavy (non-hydrogen) atoms. The standard InChI is InChI=1S/C24H27N5O2/c25-16-21-4-2-10-27-24(21)29-13-11-28(12-14-29)23(30)15-19-5-7-22(8-6-19)31-18-20-3-1-9-26-17-20/h1-8,10,20,26H,9,11-15,17-18H2. The van der Waals surface area contributed by atoms with Crippen LogP contribution < -0.4 is 15.0 Å². The molecule has 2 aromatic rings. The fraction of sp³-hybridized carbons (Fsp3) is 0.375. The normalized spacial score (nSPS) is 18.5. The fourth-order valence-electron chi connectivity index (χ4n) is 3.89. The van der Waals surface area contributed by atoms with Crippen molar-refractivity contribution in [1.82, 2.24) is 15.2 Å². The van der Waals surface area contributed by atoms with Gasteiger partial charge in [-0.1, -0.05) is 24.3 Å². The number of piperazine rings is 1. The monoisotopic (exact) mass is 417 g/mol. The molecule has 0 spiro atoms. The van der Waals surface area contributed by atoms with E-state index < -0.39 is 0 Å². The van der Waals surface area contributed by atoms with Crippen molar-refractivity contribution >= 4 is 11.7 Å². The van der Waals surface area contributed by atoms with Crippen LogP contribution in [0.2, 0.25) is 0 Å². The second-order valence-electron chi connectivity index (χ2n) is 7.83. The Morgan fingerprint density at radius 2 is 2.00 bits per heavy atom. The van der Waals surface area contributed by atoms with Crippen molar-refractivity contribution in [3.8, 4) is 11.8 Å². The summed E-state index contributed by atoms with van der Waals surface area (Å²) in [7, 11) is 0. The van der Waals surface area contributed by atoms with Crippen LogP contribution in [0.5, 0.6) is 5.75 Å². The Kier molecular flexibility index (Phi) is 6.80. The summed E-state index contributed by atoms with van der Waals surface area (Å²) in [5, 5.41) is 12.6. The van der Waals surface area contributed by atoms with Gasteiger partial charge in [0.25, 0.3) is 0 Å². The van der Waals surface area contributed by atoms with Crippen molar-refractivity contribution < 1.29 is 9.53 Å². The molecular formula is C24H27N5O2. The molecule has 1 atom stereocenters. The second-order valence-corrected chi connectivity index (χ2v) is 7.83. The number of carbonyl (C=O) groups excluding carboxylic acids is 1. The number of amides is 1. The molecule has 1 fully saturated rings. The summed E-state index contributed by atoms with van der Waals surface area (Å²) in [5.41, 5.74) is 1.55. The van der Waals surface area contributed by atoms with Crippen molar-refractivity contribution in [3.05, 3.63) is 65.9 Å². The third-order valence-electron chi connectivity index (χ3n) is 5.66. The minimum atomic E-state index is 0.119. The number of rotatable bonds is 6. The molecule has 0 saturated carbocycles. The van der Waals surface area contributed by atoms with E-state index in [1.165, 1.54) is 0 Å². The summed E-state index contributed by atoms with van der Waals surface area (Å²) in [6.45, 7) is 5.13. The number of anilines is 1. The van der Waals surface area contributed by atoms with Crippen LogP contribution >= 0.6 is 0 Å². The van der Waals surface area contributed by atoms with Crippen LogP contribution in [-0.4, -0.2) is 61.7 Å². The smallest absolute Gasteiger partial charge is 0.227 e. The Balaban J connectivity index is 1.25. The van der Waals surface area contributed by atoms with Crippen molar-refractivity contribution in [3.63, 3.8) is 0 Å². The molecule has 7 heteroatoms. The molecule has 0 radical (unpaired) electrons. The van der Waals surface area contributed by atoms with Crippen LogP contribution in [0.15, 0.2) is 54.7 Å². The van der Waals surface area contributed by atoms with Crippen molar-refractivity contribution in [2.45, 2.75) is 6.42 Å². The summed E-state index contributed by atoms with van der Waals surface area (Å²) in [6.07, 6.45) is 6.40. The molecule has 2 aliphatic rings. The minimum Gasteiger partial charge on any atom is -0.493 e. The molecule has 1 unspecified atom stereocenters. The van der Waals surface area contributed by atoms with E-state index in [9.17, 15) is 10.1 Å². The number of hydrogen-bond donors (Lipinski definition) is 1. The predicted octanol–water partition coefficient (Wildman–Crippen LogP) is 2.00. The lowest BCUT2D eigenvalue weighted by Crippen LogP contribution is -2.49. The average Bonchev–Trinajstić information content (AvgIpc) is 2.84. The molecule has 2 aliphatic heterocycles. The lowest BCUT2D eigenvalue weighted by atomic mass is 10.1.